The number of fused-ring (bicyclic) bond motifs is 2. The highest BCUT2D eigenvalue weighted by atomic mass is 32.2. The third kappa shape index (κ3) is 6.61. The average Bonchev–Trinajstić information content (AvgIpc) is 3.50. The third-order valence-corrected chi connectivity index (χ3v) is 11.2. The van der Waals surface area contributed by atoms with Crippen LogP contribution in [0.5, 0.6) is 0 Å². The molecule has 260 valence electrons. The van der Waals surface area contributed by atoms with Gasteiger partial charge in [-0.3, -0.25) is 23.7 Å². The molecule has 1 fully saturated rings. The fourth-order valence-corrected chi connectivity index (χ4v) is 8.90. The maximum atomic E-state index is 14.1. The van der Waals surface area contributed by atoms with E-state index in [1.165, 1.54) is 34.9 Å². The summed E-state index contributed by atoms with van der Waals surface area (Å²) in [5.74, 6) is -4.24. The molecule has 0 radical (unpaired) electrons. The Morgan fingerprint density at radius 2 is 1.58 bits per heavy atom. The molecule has 2 aliphatic heterocycles. The molecule has 0 aliphatic carbocycles. The molecule has 6 rings (SSSR count). The van der Waals surface area contributed by atoms with E-state index in [1.54, 1.807) is 6.92 Å². The zero-order valence-electron chi connectivity index (χ0n) is 27.4. The lowest BCUT2D eigenvalue weighted by molar-refractivity contribution is -0.137. The Morgan fingerprint density at radius 3 is 2.20 bits per heavy atom. The van der Waals surface area contributed by atoms with Gasteiger partial charge in [0.05, 0.1) is 34.4 Å². The number of nitrogens with one attached hydrogen (secondary N) is 1. The van der Waals surface area contributed by atoms with Crippen molar-refractivity contribution in [1.82, 2.24) is 4.57 Å². The third-order valence-electron chi connectivity index (χ3n) is 8.60. The molecule has 3 unspecified atom stereocenters. The molecule has 3 amide bonds. The van der Waals surface area contributed by atoms with E-state index >= 15 is 0 Å². The van der Waals surface area contributed by atoms with Crippen LogP contribution in [0.1, 0.15) is 65.5 Å². The van der Waals surface area contributed by atoms with Crippen LogP contribution < -0.4 is 15.1 Å². The zero-order valence-corrected chi connectivity index (χ0v) is 29.0. The summed E-state index contributed by atoms with van der Waals surface area (Å²) in [6, 6.07) is 17.6. The lowest BCUT2D eigenvalue weighted by Crippen LogP contribution is -2.33. The van der Waals surface area contributed by atoms with Crippen molar-refractivity contribution in [2.24, 2.45) is 5.92 Å². The molecule has 0 bridgehead atoms. The fourth-order valence-electron chi connectivity index (χ4n) is 6.13. The molecule has 4 aromatic rings. The largest absolute Gasteiger partial charge is 0.462 e. The maximum absolute atomic E-state index is 14.1. The first-order valence-electron chi connectivity index (χ1n) is 15.7. The Morgan fingerprint density at radius 1 is 0.900 bits per heavy atom. The number of hydrogen-bond acceptors (Lipinski definition) is 8. The van der Waals surface area contributed by atoms with Crippen LogP contribution in [0, 0.1) is 5.92 Å². The van der Waals surface area contributed by atoms with Gasteiger partial charge in [-0.1, -0.05) is 74.2 Å². The van der Waals surface area contributed by atoms with Crippen LogP contribution in [-0.2, 0) is 37.3 Å². The standard InChI is InChI=1S/C36H32F3N3O6S2/c1-5-48-33(46)20-11-15-23(16-12-20)40-25(43)18-41-32-29(50-34(41)47)26(19-9-13-21(14-10-19)35(2,3)4)27-28(49-32)31(45)42(30(27)44)24-8-6-7-22(17-24)36(37,38)39/h6-17,26-28H,5,18H2,1-4H3,(H,40,43). The van der Waals surface area contributed by atoms with E-state index in [0.717, 1.165) is 51.8 Å². The van der Waals surface area contributed by atoms with Crippen LogP contribution in [-0.4, -0.2) is 40.1 Å². The number of alkyl halides is 3. The van der Waals surface area contributed by atoms with Gasteiger partial charge in [-0.2, -0.15) is 13.2 Å². The van der Waals surface area contributed by atoms with Crippen molar-refractivity contribution in [3.63, 3.8) is 0 Å². The number of imide groups is 1. The molecular formula is C36H32F3N3O6S2. The van der Waals surface area contributed by atoms with Gasteiger partial charge in [0, 0.05) is 16.5 Å². The number of nitrogens with zero attached hydrogens (tertiary/aromatic N) is 2. The fraction of sp³-hybridized carbons (Fsp3) is 0.306. The van der Waals surface area contributed by atoms with Gasteiger partial charge in [0.25, 0.3) is 0 Å². The van der Waals surface area contributed by atoms with E-state index in [1.807, 2.05) is 45.0 Å². The predicted molar refractivity (Wildman–Crippen MR) is 184 cm³/mol. The highest BCUT2D eigenvalue weighted by Gasteiger charge is 2.57. The van der Waals surface area contributed by atoms with Gasteiger partial charge < -0.3 is 10.1 Å². The number of hydrogen-bond donors (Lipinski definition) is 1. The minimum absolute atomic E-state index is 0.186. The van der Waals surface area contributed by atoms with Crippen LogP contribution >= 0.6 is 23.1 Å². The van der Waals surface area contributed by atoms with Crippen LogP contribution in [0.3, 0.4) is 0 Å². The summed E-state index contributed by atoms with van der Waals surface area (Å²) in [5.41, 5.74) is 0.965. The number of halogens is 3. The Labute approximate surface area is 293 Å². The maximum Gasteiger partial charge on any atom is 0.416 e. The highest BCUT2D eigenvalue weighted by molar-refractivity contribution is 8.00. The number of carbonyl (C=O) groups is 4. The van der Waals surface area contributed by atoms with Gasteiger partial charge >= 0.3 is 17.0 Å². The number of thiazole rings is 1. The number of rotatable bonds is 7. The minimum Gasteiger partial charge on any atom is -0.462 e. The van der Waals surface area contributed by atoms with Crippen LogP contribution in [0.15, 0.2) is 82.6 Å². The summed E-state index contributed by atoms with van der Waals surface area (Å²) in [5, 5.41) is 1.97. The molecule has 1 N–H and O–H groups in total. The van der Waals surface area contributed by atoms with Crippen LogP contribution in [0.4, 0.5) is 24.5 Å². The molecule has 1 aromatic heterocycles. The van der Waals surface area contributed by atoms with Crippen molar-refractivity contribution < 1.29 is 37.1 Å². The summed E-state index contributed by atoms with van der Waals surface area (Å²) in [4.78, 5) is 67.7. The average molecular weight is 724 g/mol. The van der Waals surface area contributed by atoms with Crippen molar-refractivity contribution in [2.75, 3.05) is 16.8 Å². The van der Waals surface area contributed by atoms with E-state index in [2.05, 4.69) is 5.32 Å². The van der Waals surface area contributed by atoms with Crippen molar-refractivity contribution in [3.05, 3.63) is 110 Å². The van der Waals surface area contributed by atoms with Crippen LogP contribution in [0.25, 0.3) is 0 Å². The Balaban J connectivity index is 1.37. The first-order chi connectivity index (χ1) is 23.6. The van der Waals surface area contributed by atoms with Gasteiger partial charge in [0.15, 0.2) is 0 Å². The number of carbonyl (C=O) groups excluding carboxylic acids is 4. The topological polar surface area (TPSA) is 115 Å². The summed E-state index contributed by atoms with van der Waals surface area (Å²) in [6.45, 7) is 7.63. The molecule has 3 heterocycles. The van der Waals surface area contributed by atoms with Gasteiger partial charge in [-0.25, -0.2) is 9.69 Å². The molecule has 9 nitrogen and oxygen atoms in total. The predicted octanol–water partition coefficient (Wildman–Crippen LogP) is 6.84. The van der Waals surface area contributed by atoms with Gasteiger partial charge in [0.1, 0.15) is 11.8 Å². The molecule has 1 saturated heterocycles. The van der Waals surface area contributed by atoms with Crippen molar-refractivity contribution in [3.8, 4) is 0 Å². The quantitative estimate of drug-likeness (QED) is 0.164. The molecule has 2 aliphatic rings. The second-order valence-electron chi connectivity index (χ2n) is 12.9. The summed E-state index contributed by atoms with van der Waals surface area (Å²) >= 11 is 1.83. The number of aromatic nitrogens is 1. The number of benzene rings is 3. The smallest absolute Gasteiger partial charge is 0.416 e. The number of amides is 3. The molecule has 3 aromatic carbocycles. The normalized spacial score (nSPS) is 18.9. The molecule has 3 atom stereocenters. The van der Waals surface area contributed by atoms with E-state index in [-0.39, 0.29) is 17.7 Å². The SMILES string of the molecule is CCOC(=O)c1ccc(NC(=O)Cn2c3c(sc2=O)C(c2ccc(C(C)(C)C)cc2)C2C(=O)N(c4cccc(C(F)(F)F)c4)C(=O)C2S3)cc1. The number of anilines is 2. The Bertz CT molecular complexity index is 2050. The van der Waals surface area contributed by atoms with Crippen LogP contribution in [0.2, 0.25) is 0 Å². The molecule has 0 spiro atoms. The van der Waals surface area contributed by atoms with E-state index in [9.17, 15) is 37.1 Å². The Hall–Kier alpha value is -4.69. The Kier molecular flexibility index (Phi) is 9.29. The molecule has 50 heavy (non-hydrogen) atoms. The second-order valence-corrected chi connectivity index (χ2v) is 15.1. The van der Waals surface area contributed by atoms with Gasteiger partial charge in [0.2, 0.25) is 17.7 Å². The van der Waals surface area contributed by atoms with E-state index in [0.29, 0.717) is 26.7 Å². The molecule has 14 heteroatoms. The lowest BCUT2D eigenvalue weighted by Gasteiger charge is -2.31. The monoisotopic (exact) mass is 723 g/mol. The van der Waals surface area contributed by atoms with Crippen molar-refractivity contribution >= 4 is 58.2 Å². The number of thioether (sulfide) groups is 1. The van der Waals surface area contributed by atoms with E-state index < -0.39 is 63.9 Å². The second kappa shape index (κ2) is 13.2. The summed E-state index contributed by atoms with van der Waals surface area (Å²) < 4.78 is 47.1. The van der Waals surface area contributed by atoms with Gasteiger partial charge in [-0.05, 0) is 65.9 Å². The zero-order chi connectivity index (χ0) is 36.1. The molecule has 0 saturated carbocycles. The minimum atomic E-state index is -4.69. The van der Waals surface area contributed by atoms with Crippen molar-refractivity contribution in [1.29, 1.82) is 0 Å². The first-order valence-corrected chi connectivity index (χ1v) is 17.4. The first kappa shape index (κ1) is 35.1. The summed E-state index contributed by atoms with van der Waals surface area (Å²) in [7, 11) is 0. The molecular weight excluding hydrogens is 692 g/mol. The number of esters is 1. The van der Waals surface area contributed by atoms with E-state index in [4.69, 9.17) is 4.74 Å². The van der Waals surface area contributed by atoms with Gasteiger partial charge in [-0.15, -0.1) is 0 Å². The van der Waals surface area contributed by atoms with Crippen molar-refractivity contribution in [2.45, 2.75) is 62.0 Å². The highest BCUT2D eigenvalue weighted by Crippen LogP contribution is 2.54. The number of ether oxygens (including phenoxy) is 1. The summed E-state index contributed by atoms with van der Waals surface area (Å²) in [6.07, 6.45) is -4.69. The lowest BCUT2D eigenvalue weighted by atomic mass is 9.81.